The minimum atomic E-state index is 0.164. The van der Waals surface area contributed by atoms with Crippen molar-refractivity contribution in [3.8, 4) is 0 Å². The van der Waals surface area contributed by atoms with Crippen LogP contribution in [0.15, 0.2) is 0 Å². The molecule has 2 aliphatic heterocycles. The molecule has 14 heavy (non-hydrogen) atoms. The third-order valence-electron chi connectivity index (χ3n) is 3.28. The number of nitrogens with one attached hydrogen (secondary N) is 1. The lowest BCUT2D eigenvalue weighted by atomic mass is 10.1. The number of hydrogen-bond donors (Lipinski definition) is 1. The number of piperidine rings is 1. The zero-order chi connectivity index (χ0) is 9.80. The molecule has 1 N–H and O–H groups in total. The van der Waals surface area contributed by atoms with Gasteiger partial charge >= 0.3 is 0 Å². The Labute approximate surface area is 85.8 Å². The van der Waals surface area contributed by atoms with Gasteiger partial charge in [-0.2, -0.15) is 0 Å². The summed E-state index contributed by atoms with van der Waals surface area (Å²) in [6, 6.07) is 0.164. The van der Waals surface area contributed by atoms with Gasteiger partial charge in [-0.05, 0) is 45.3 Å². The first-order valence-corrected chi connectivity index (χ1v) is 5.85. The first-order valence-electron chi connectivity index (χ1n) is 5.85. The predicted octanol–water partition coefficient (Wildman–Crippen LogP) is 0.793. The summed E-state index contributed by atoms with van der Waals surface area (Å²) in [6.45, 7) is 3.95. The van der Waals surface area contributed by atoms with Gasteiger partial charge in [0.05, 0.1) is 12.6 Å². The lowest BCUT2D eigenvalue weighted by Gasteiger charge is -2.26. The van der Waals surface area contributed by atoms with Crippen molar-refractivity contribution in [1.29, 1.82) is 0 Å². The fourth-order valence-electron chi connectivity index (χ4n) is 2.41. The number of likely N-dealkylation sites (tertiary alicyclic amines) is 1. The van der Waals surface area contributed by atoms with Crippen LogP contribution in [0, 0.1) is 0 Å². The van der Waals surface area contributed by atoms with Crippen molar-refractivity contribution in [1.82, 2.24) is 10.2 Å². The molecule has 0 saturated carbocycles. The van der Waals surface area contributed by atoms with Crippen molar-refractivity contribution in [2.45, 2.75) is 38.1 Å². The Morgan fingerprint density at radius 1 is 1.21 bits per heavy atom. The molecule has 2 saturated heterocycles. The van der Waals surface area contributed by atoms with E-state index in [0.717, 1.165) is 32.5 Å². The van der Waals surface area contributed by atoms with Gasteiger partial charge in [-0.3, -0.25) is 9.69 Å². The van der Waals surface area contributed by atoms with Gasteiger partial charge in [0.2, 0.25) is 0 Å². The van der Waals surface area contributed by atoms with Gasteiger partial charge in [0.25, 0.3) is 0 Å². The standard InChI is InChI=1S/C11H20N2O/c14-11(10-5-4-6-12-10)9-13-7-2-1-3-8-13/h10,12H,1-9H2. The maximum atomic E-state index is 11.8. The van der Waals surface area contributed by atoms with Crippen LogP contribution in [0.4, 0.5) is 0 Å². The van der Waals surface area contributed by atoms with Crippen LogP contribution < -0.4 is 5.32 Å². The molecule has 0 aromatic heterocycles. The summed E-state index contributed by atoms with van der Waals surface area (Å²) < 4.78 is 0. The van der Waals surface area contributed by atoms with Crippen molar-refractivity contribution in [3.63, 3.8) is 0 Å². The summed E-state index contributed by atoms with van der Waals surface area (Å²) in [7, 11) is 0. The van der Waals surface area contributed by atoms with Crippen LogP contribution in [0.1, 0.15) is 32.1 Å². The van der Waals surface area contributed by atoms with E-state index in [-0.39, 0.29) is 6.04 Å². The van der Waals surface area contributed by atoms with E-state index in [2.05, 4.69) is 10.2 Å². The Morgan fingerprint density at radius 3 is 2.64 bits per heavy atom. The quantitative estimate of drug-likeness (QED) is 0.724. The van der Waals surface area contributed by atoms with Gasteiger partial charge in [0, 0.05) is 0 Å². The Kier molecular flexibility index (Phi) is 3.54. The van der Waals surface area contributed by atoms with Gasteiger partial charge < -0.3 is 5.32 Å². The Morgan fingerprint density at radius 2 is 2.00 bits per heavy atom. The van der Waals surface area contributed by atoms with E-state index in [4.69, 9.17) is 0 Å². The minimum absolute atomic E-state index is 0.164. The van der Waals surface area contributed by atoms with E-state index in [1.807, 2.05) is 0 Å². The van der Waals surface area contributed by atoms with Crippen molar-refractivity contribution in [2.24, 2.45) is 0 Å². The largest absolute Gasteiger partial charge is 0.307 e. The topological polar surface area (TPSA) is 32.3 Å². The lowest BCUT2D eigenvalue weighted by Crippen LogP contribution is -2.41. The Bertz CT molecular complexity index is 193. The van der Waals surface area contributed by atoms with Crippen LogP contribution in [0.3, 0.4) is 0 Å². The number of ketones is 1. The zero-order valence-corrected chi connectivity index (χ0v) is 8.80. The lowest BCUT2D eigenvalue weighted by molar-refractivity contribution is -0.122. The molecule has 3 nitrogen and oxygen atoms in total. The van der Waals surface area contributed by atoms with Crippen molar-refractivity contribution in [3.05, 3.63) is 0 Å². The summed E-state index contributed by atoms with van der Waals surface area (Å²) in [5, 5.41) is 3.27. The average molecular weight is 196 g/mol. The highest BCUT2D eigenvalue weighted by Crippen LogP contribution is 2.11. The van der Waals surface area contributed by atoms with Crippen LogP contribution in [0.5, 0.6) is 0 Å². The molecular weight excluding hydrogens is 176 g/mol. The molecule has 2 heterocycles. The summed E-state index contributed by atoms with van der Waals surface area (Å²) in [6.07, 6.45) is 6.09. The zero-order valence-electron chi connectivity index (χ0n) is 8.80. The van der Waals surface area contributed by atoms with Gasteiger partial charge in [-0.1, -0.05) is 6.42 Å². The molecule has 0 bridgehead atoms. The highest BCUT2D eigenvalue weighted by Gasteiger charge is 2.24. The van der Waals surface area contributed by atoms with E-state index in [1.54, 1.807) is 0 Å². The fraction of sp³-hybridized carbons (Fsp3) is 0.909. The van der Waals surface area contributed by atoms with Crippen molar-refractivity contribution < 1.29 is 4.79 Å². The summed E-state index contributed by atoms with van der Waals surface area (Å²) in [5.41, 5.74) is 0. The summed E-state index contributed by atoms with van der Waals surface area (Å²) >= 11 is 0. The van der Waals surface area contributed by atoms with Crippen LogP contribution in [0.2, 0.25) is 0 Å². The van der Waals surface area contributed by atoms with E-state index in [9.17, 15) is 4.79 Å². The molecule has 0 amide bonds. The summed E-state index contributed by atoms with van der Waals surface area (Å²) in [4.78, 5) is 14.1. The predicted molar refractivity (Wildman–Crippen MR) is 56.3 cm³/mol. The number of hydrogen-bond acceptors (Lipinski definition) is 3. The third-order valence-corrected chi connectivity index (χ3v) is 3.28. The Balaban J connectivity index is 1.75. The van der Waals surface area contributed by atoms with Crippen LogP contribution in [0.25, 0.3) is 0 Å². The second-order valence-electron chi connectivity index (χ2n) is 4.45. The second-order valence-corrected chi connectivity index (χ2v) is 4.45. The second kappa shape index (κ2) is 4.89. The van der Waals surface area contributed by atoms with E-state index in [1.165, 1.54) is 19.3 Å². The van der Waals surface area contributed by atoms with Crippen molar-refractivity contribution >= 4 is 5.78 Å². The molecule has 2 fully saturated rings. The molecule has 0 aromatic rings. The minimum Gasteiger partial charge on any atom is -0.307 e. The maximum Gasteiger partial charge on any atom is 0.163 e. The molecular formula is C11H20N2O. The number of Topliss-reactive ketones (excluding diaryl/α,β-unsaturated/α-hetero) is 1. The molecule has 0 radical (unpaired) electrons. The fourth-order valence-corrected chi connectivity index (χ4v) is 2.41. The number of carbonyl (C=O) groups is 1. The molecule has 80 valence electrons. The number of rotatable bonds is 3. The van der Waals surface area contributed by atoms with Gasteiger partial charge in [-0.15, -0.1) is 0 Å². The van der Waals surface area contributed by atoms with Gasteiger partial charge in [-0.25, -0.2) is 0 Å². The molecule has 0 aliphatic carbocycles. The smallest absolute Gasteiger partial charge is 0.163 e. The first-order chi connectivity index (χ1) is 6.86. The van der Waals surface area contributed by atoms with Crippen LogP contribution in [-0.2, 0) is 4.79 Å². The van der Waals surface area contributed by atoms with E-state index >= 15 is 0 Å². The van der Waals surface area contributed by atoms with Crippen LogP contribution >= 0.6 is 0 Å². The van der Waals surface area contributed by atoms with Gasteiger partial charge in [0.15, 0.2) is 5.78 Å². The number of nitrogens with zero attached hydrogens (tertiary/aromatic N) is 1. The monoisotopic (exact) mass is 196 g/mol. The molecule has 3 heteroatoms. The first kappa shape index (κ1) is 10.1. The normalized spacial score (nSPS) is 29.3. The Hall–Kier alpha value is -0.410. The highest BCUT2D eigenvalue weighted by atomic mass is 16.1. The van der Waals surface area contributed by atoms with E-state index in [0.29, 0.717) is 12.3 Å². The summed E-state index contributed by atoms with van der Waals surface area (Å²) in [5.74, 6) is 0.407. The molecule has 1 unspecified atom stereocenters. The molecule has 0 spiro atoms. The van der Waals surface area contributed by atoms with Gasteiger partial charge in [0.1, 0.15) is 0 Å². The maximum absolute atomic E-state index is 11.8. The third kappa shape index (κ3) is 2.55. The molecule has 2 rings (SSSR count). The average Bonchev–Trinajstić information content (AvgIpc) is 2.72. The van der Waals surface area contributed by atoms with Crippen LogP contribution in [-0.4, -0.2) is 42.9 Å². The molecule has 1 atom stereocenters. The molecule has 2 aliphatic rings. The van der Waals surface area contributed by atoms with Crippen molar-refractivity contribution in [2.75, 3.05) is 26.2 Å². The molecule has 0 aromatic carbocycles. The SMILES string of the molecule is O=C(CN1CCCCC1)C1CCCN1. The number of carbonyl (C=O) groups excluding carboxylic acids is 1. The van der Waals surface area contributed by atoms with E-state index < -0.39 is 0 Å². The highest BCUT2D eigenvalue weighted by molar-refractivity contribution is 5.86.